The fourth-order valence-electron chi connectivity index (χ4n) is 2.71. The van der Waals surface area contributed by atoms with Gasteiger partial charge in [-0.05, 0) is 29.5 Å². The van der Waals surface area contributed by atoms with E-state index in [0.29, 0.717) is 11.1 Å². The van der Waals surface area contributed by atoms with Gasteiger partial charge in [-0.1, -0.05) is 57.7 Å². The molecular formula is C21H22O4. The molecule has 0 atom stereocenters. The maximum absolute atomic E-state index is 12.8. The van der Waals surface area contributed by atoms with Gasteiger partial charge >= 0.3 is 5.97 Å². The molecule has 0 unspecified atom stereocenters. The van der Waals surface area contributed by atoms with Crippen LogP contribution in [0.25, 0.3) is 0 Å². The minimum Gasteiger partial charge on any atom is -0.504 e. The summed E-state index contributed by atoms with van der Waals surface area (Å²) in [5.74, 6) is -1.37. The Morgan fingerprint density at radius 2 is 1.76 bits per heavy atom. The van der Waals surface area contributed by atoms with E-state index in [9.17, 15) is 14.7 Å². The summed E-state index contributed by atoms with van der Waals surface area (Å²) < 4.78 is 5.23. The highest BCUT2D eigenvalue weighted by Gasteiger charge is 2.27. The molecule has 0 bridgehead atoms. The Bertz CT molecular complexity index is 827. The Hall–Kier alpha value is -2.88. The Morgan fingerprint density at radius 3 is 2.28 bits per heavy atom. The molecule has 0 aliphatic carbocycles. The second kappa shape index (κ2) is 6.93. The van der Waals surface area contributed by atoms with Gasteiger partial charge in [0.1, 0.15) is 0 Å². The highest BCUT2D eigenvalue weighted by atomic mass is 16.5. The molecule has 4 heteroatoms. The predicted molar refractivity (Wildman–Crippen MR) is 97.3 cm³/mol. The van der Waals surface area contributed by atoms with Crippen LogP contribution in [0.3, 0.4) is 0 Å². The van der Waals surface area contributed by atoms with Crippen LogP contribution in [-0.4, -0.2) is 16.9 Å². The van der Waals surface area contributed by atoms with Crippen molar-refractivity contribution in [3.63, 3.8) is 0 Å². The number of hydrogen-bond acceptors (Lipinski definition) is 4. The summed E-state index contributed by atoms with van der Waals surface area (Å²) in [7, 11) is 0. The fourth-order valence-corrected chi connectivity index (χ4v) is 2.71. The smallest absolute Gasteiger partial charge is 0.335 e. The predicted octanol–water partition coefficient (Wildman–Crippen LogP) is 4.32. The standard InChI is InChI=1S/C21H22O4/c1-6-17(22)25-20-13(2)16(21(3,4)5)12-15(19(20)24)18(23)14-10-8-7-9-11-14/h6-12,24H,1H2,2-5H3. The summed E-state index contributed by atoms with van der Waals surface area (Å²) >= 11 is 0. The van der Waals surface area contributed by atoms with Crippen molar-refractivity contribution in [1.29, 1.82) is 0 Å². The summed E-state index contributed by atoms with van der Waals surface area (Å²) in [4.78, 5) is 24.5. The van der Waals surface area contributed by atoms with Gasteiger partial charge in [0.05, 0.1) is 5.56 Å². The number of carbonyl (C=O) groups excluding carboxylic acids is 2. The van der Waals surface area contributed by atoms with Gasteiger partial charge < -0.3 is 9.84 Å². The molecule has 2 aromatic rings. The van der Waals surface area contributed by atoms with Crippen molar-refractivity contribution in [2.75, 3.05) is 0 Å². The second-order valence-corrected chi connectivity index (χ2v) is 6.84. The summed E-state index contributed by atoms with van der Waals surface area (Å²) in [5, 5.41) is 10.6. The van der Waals surface area contributed by atoms with Crippen LogP contribution in [0.15, 0.2) is 49.1 Å². The van der Waals surface area contributed by atoms with E-state index in [1.54, 1.807) is 37.3 Å². The Balaban J connectivity index is 2.71. The normalized spacial score (nSPS) is 11.0. The van der Waals surface area contributed by atoms with Crippen LogP contribution in [0, 0.1) is 6.92 Å². The average Bonchev–Trinajstić information content (AvgIpc) is 2.57. The number of aromatic hydroxyl groups is 1. The van der Waals surface area contributed by atoms with Crippen LogP contribution in [-0.2, 0) is 10.2 Å². The molecule has 0 aromatic heterocycles. The summed E-state index contributed by atoms with van der Waals surface area (Å²) in [6, 6.07) is 10.3. The Kier molecular flexibility index (Phi) is 5.12. The van der Waals surface area contributed by atoms with Crippen LogP contribution in [0.1, 0.15) is 47.8 Å². The largest absolute Gasteiger partial charge is 0.504 e. The molecule has 0 spiro atoms. The third-order valence-corrected chi connectivity index (χ3v) is 3.96. The zero-order valence-corrected chi connectivity index (χ0v) is 14.9. The molecular weight excluding hydrogens is 316 g/mol. The molecule has 2 aromatic carbocycles. The number of phenolic OH excluding ortho intramolecular Hbond substituents is 1. The minimum absolute atomic E-state index is 0.00314. The lowest BCUT2D eigenvalue weighted by molar-refractivity contribution is -0.129. The van der Waals surface area contributed by atoms with Crippen molar-refractivity contribution in [3.8, 4) is 11.5 Å². The molecule has 0 radical (unpaired) electrons. The Labute approximate surface area is 147 Å². The maximum Gasteiger partial charge on any atom is 0.335 e. The van der Waals surface area contributed by atoms with Crippen molar-refractivity contribution < 1.29 is 19.4 Å². The van der Waals surface area contributed by atoms with Crippen molar-refractivity contribution in [3.05, 3.63) is 71.3 Å². The van der Waals surface area contributed by atoms with Crippen LogP contribution >= 0.6 is 0 Å². The van der Waals surface area contributed by atoms with E-state index < -0.39 is 5.97 Å². The lowest BCUT2D eigenvalue weighted by atomic mass is 9.81. The van der Waals surface area contributed by atoms with E-state index in [1.807, 2.05) is 26.8 Å². The number of carbonyl (C=O) groups is 2. The number of phenols is 1. The second-order valence-electron chi connectivity index (χ2n) is 6.84. The number of benzene rings is 2. The molecule has 1 N–H and O–H groups in total. The van der Waals surface area contributed by atoms with Gasteiger partial charge in [0.25, 0.3) is 0 Å². The Morgan fingerprint density at radius 1 is 1.16 bits per heavy atom. The van der Waals surface area contributed by atoms with Gasteiger partial charge in [0.15, 0.2) is 17.3 Å². The lowest BCUT2D eigenvalue weighted by Gasteiger charge is -2.25. The first-order valence-electron chi connectivity index (χ1n) is 7.98. The molecule has 4 nitrogen and oxygen atoms in total. The van der Waals surface area contributed by atoms with Gasteiger partial charge in [-0.2, -0.15) is 0 Å². The molecule has 130 valence electrons. The van der Waals surface area contributed by atoms with Crippen molar-refractivity contribution >= 4 is 11.8 Å². The van der Waals surface area contributed by atoms with E-state index in [1.165, 1.54) is 0 Å². The molecule has 0 fully saturated rings. The van der Waals surface area contributed by atoms with Crippen LogP contribution in [0.5, 0.6) is 11.5 Å². The minimum atomic E-state index is -0.692. The third-order valence-electron chi connectivity index (χ3n) is 3.96. The first kappa shape index (κ1) is 18.5. The molecule has 25 heavy (non-hydrogen) atoms. The van der Waals surface area contributed by atoms with E-state index >= 15 is 0 Å². The van der Waals surface area contributed by atoms with Gasteiger partial charge in [0, 0.05) is 11.6 Å². The molecule has 0 heterocycles. The summed E-state index contributed by atoms with van der Waals surface area (Å²) in [6.07, 6.45) is 1.02. The monoisotopic (exact) mass is 338 g/mol. The van der Waals surface area contributed by atoms with E-state index in [4.69, 9.17) is 4.74 Å². The number of rotatable bonds is 4. The quantitative estimate of drug-likeness (QED) is 0.390. The van der Waals surface area contributed by atoms with Crippen LogP contribution < -0.4 is 4.74 Å². The zero-order valence-electron chi connectivity index (χ0n) is 14.9. The zero-order chi connectivity index (χ0) is 18.8. The number of esters is 1. The molecule has 0 aliphatic rings. The average molecular weight is 338 g/mol. The van der Waals surface area contributed by atoms with Gasteiger partial charge in [-0.15, -0.1) is 0 Å². The van der Waals surface area contributed by atoms with Crippen molar-refractivity contribution in [2.24, 2.45) is 0 Å². The fraction of sp³-hybridized carbons (Fsp3) is 0.238. The molecule has 0 amide bonds. The highest BCUT2D eigenvalue weighted by molar-refractivity contribution is 6.11. The van der Waals surface area contributed by atoms with Gasteiger partial charge in [-0.3, -0.25) is 4.79 Å². The van der Waals surface area contributed by atoms with E-state index in [2.05, 4.69) is 6.58 Å². The van der Waals surface area contributed by atoms with Crippen molar-refractivity contribution in [2.45, 2.75) is 33.1 Å². The molecule has 0 aliphatic heterocycles. The van der Waals surface area contributed by atoms with Gasteiger partial charge in [0.2, 0.25) is 0 Å². The van der Waals surface area contributed by atoms with Crippen LogP contribution in [0.2, 0.25) is 0 Å². The highest BCUT2D eigenvalue weighted by Crippen LogP contribution is 2.41. The first-order chi connectivity index (χ1) is 11.7. The van der Waals surface area contributed by atoms with Crippen LogP contribution in [0.4, 0.5) is 0 Å². The number of ether oxygens (including phenoxy) is 1. The molecule has 0 saturated heterocycles. The molecule has 2 rings (SSSR count). The number of ketones is 1. The van der Waals surface area contributed by atoms with Crippen molar-refractivity contribution in [1.82, 2.24) is 0 Å². The maximum atomic E-state index is 12.8. The first-order valence-corrected chi connectivity index (χ1v) is 7.98. The van der Waals surface area contributed by atoms with Gasteiger partial charge in [-0.25, -0.2) is 4.79 Å². The molecule has 0 saturated carbocycles. The lowest BCUT2D eigenvalue weighted by Crippen LogP contribution is -2.17. The summed E-state index contributed by atoms with van der Waals surface area (Å²) in [5.41, 5.74) is 1.68. The number of hydrogen-bond donors (Lipinski definition) is 1. The van der Waals surface area contributed by atoms with E-state index in [0.717, 1.165) is 11.6 Å². The third kappa shape index (κ3) is 3.79. The summed E-state index contributed by atoms with van der Waals surface area (Å²) in [6.45, 7) is 11.1. The topological polar surface area (TPSA) is 63.6 Å². The van der Waals surface area contributed by atoms with E-state index in [-0.39, 0.29) is 28.3 Å². The SMILES string of the molecule is C=CC(=O)Oc1c(C)c(C(C)(C)C)cc(C(=O)c2ccccc2)c1O.